The Balaban J connectivity index is 1.66. The molecule has 1 atom stereocenters. The van der Waals surface area contributed by atoms with Gasteiger partial charge in [0.05, 0.1) is 12.6 Å². The molecule has 3 heteroatoms. The Morgan fingerprint density at radius 2 is 1.88 bits per heavy atom. The third kappa shape index (κ3) is 2.77. The molecule has 4 rings (SSSR count). The van der Waals surface area contributed by atoms with Gasteiger partial charge in [0.25, 0.3) is 0 Å². The molecule has 3 aromatic carbocycles. The topological polar surface area (TPSA) is 35.5 Å². The van der Waals surface area contributed by atoms with Crippen LogP contribution in [0.2, 0.25) is 0 Å². The quantitative estimate of drug-likeness (QED) is 0.751. The lowest BCUT2D eigenvalue weighted by Crippen LogP contribution is -2.26. The molecule has 1 aliphatic rings. The largest absolute Gasteiger partial charge is 0.392 e. The molecule has 0 aromatic heterocycles. The number of rotatable bonds is 2. The number of nitrogens with one attached hydrogen (secondary N) is 1. The van der Waals surface area contributed by atoms with Gasteiger partial charge in [-0.05, 0) is 46.6 Å². The second-order valence-electron chi connectivity index (χ2n) is 6.57. The lowest BCUT2D eigenvalue weighted by atomic mass is 10.0. The zero-order valence-electron chi connectivity index (χ0n) is 13.9. The van der Waals surface area contributed by atoms with Crippen LogP contribution in [0.4, 0.5) is 5.69 Å². The third-order valence-corrected chi connectivity index (χ3v) is 4.95. The molecule has 122 valence electrons. The Labute approximate surface area is 142 Å². The Morgan fingerprint density at radius 3 is 2.71 bits per heavy atom. The summed E-state index contributed by atoms with van der Waals surface area (Å²) in [5.41, 5.74) is 4.70. The summed E-state index contributed by atoms with van der Waals surface area (Å²) in [6.45, 7) is 1.83. The van der Waals surface area contributed by atoms with Crippen molar-refractivity contribution < 1.29 is 5.11 Å². The molecule has 1 unspecified atom stereocenters. The van der Waals surface area contributed by atoms with E-state index in [0.29, 0.717) is 6.04 Å². The fraction of sp³-hybridized carbons (Fsp3) is 0.238. The maximum atomic E-state index is 9.35. The van der Waals surface area contributed by atoms with Crippen molar-refractivity contribution in [1.82, 2.24) is 4.90 Å². The van der Waals surface area contributed by atoms with Crippen LogP contribution in [0.5, 0.6) is 0 Å². The molecular weight excluding hydrogens is 296 g/mol. The van der Waals surface area contributed by atoms with Crippen molar-refractivity contribution in [3.8, 4) is 0 Å². The highest BCUT2D eigenvalue weighted by atomic mass is 16.3. The predicted octanol–water partition coefficient (Wildman–Crippen LogP) is 3.93. The van der Waals surface area contributed by atoms with Gasteiger partial charge in [0, 0.05) is 18.8 Å². The number of benzene rings is 3. The van der Waals surface area contributed by atoms with Gasteiger partial charge in [-0.3, -0.25) is 4.90 Å². The van der Waals surface area contributed by atoms with E-state index in [1.807, 2.05) is 6.07 Å². The van der Waals surface area contributed by atoms with E-state index in [4.69, 9.17) is 0 Å². The van der Waals surface area contributed by atoms with Gasteiger partial charge in [-0.1, -0.05) is 48.5 Å². The molecule has 1 heterocycles. The van der Waals surface area contributed by atoms with Gasteiger partial charge in [-0.2, -0.15) is 0 Å². The monoisotopic (exact) mass is 318 g/mol. The molecule has 0 saturated heterocycles. The standard InChI is InChI=1S/C21H22N2O/c1-23-13-19-7-6-15(14-24)10-20(19)22-12-21(23)18-9-8-16-4-2-3-5-17(16)11-18/h2-11,21-22,24H,12-14H2,1H3. The average molecular weight is 318 g/mol. The van der Waals surface area contributed by atoms with Crippen molar-refractivity contribution >= 4 is 16.5 Å². The van der Waals surface area contributed by atoms with E-state index in [1.165, 1.54) is 21.9 Å². The van der Waals surface area contributed by atoms with Crippen LogP contribution in [-0.2, 0) is 13.2 Å². The van der Waals surface area contributed by atoms with Gasteiger partial charge in [0.2, 0.25) is 0 Å². The first kappa shape index (κ1) is 15.2. The molecule has 0 amide bonds. The SMILES string of the molecule is CN1Cc2ccc(CO)cc2NCC1c1ccc2ccccc2c1. The normalized spacial score (nSPS) is 18.0. The summed E-state index contributed by atoms with van der Waals surface area (Å²) in [7, 11) is 2.18. The lowest BCUT2D eigenvalue weighted by molar-refractivity contribution is 0.252. The van der Waals surface area contributed by atoms with E-state index < -0.39 is 0 Å². The second-order valence-corrected chi connectivity index (χ2v) is 6.57. The molecule has 3 aromatic rings. The molecule has 2 N–H and O–H groups in total. The molecule has 0 fully saturated rings. The lowest BCUT2D eigenvalue weighted by Gasteiger charge is -2.26. The molecule has 0 saturated carbocycles. The molecule has 0 bridgehead atoms. The van der Waals surface area contributed by atoms with Crippen molar-refractivity contribution in [1.29, 1.82) is 0 Å². The number of hydrogen-bond acceptors (Lipinski definition) is 3. The van der Waals surface area contributed by atoms with Crippen LogP contribution < -0.4 is 5.32 Å². The summed E-state index contributed by atoms with van der Waals surface area (Å²) in [6.07, 6.45) is 0. The fourth-order valence-electron chi connectivity index (χ4n) is 3.55. The maximum Gasteiger partial charge on any atom is 0.0682 e. The number of aliphatic hydroxyl groups is 1. The van der Waals surface area contributed by atoms with Crippen LogP contribution in [0, 0.1) is 0 Å². The minimum atomic E-state index is 0.0822. The van der Waals surface area contributed by atoms with Gasteiger partial charge in [-0.15, -0.1) is 0 Å². The number of likely N-dealkylation sites (N-methyl/N-ethyl adjacent to an activating group) is 1. The highest BCUT2D eigenvalue weighted by molar-refractivity contribution is 5.83. The van der Waals surface area contributed by atoms with Gasteiger partial charge < -0.3 is 10.4 Å². The Bertz CT molecular complexity index is 875. The van der Waals surface area contributed by atoms with Crippen molar-refractivity contribution in [3.63, 3.8) is 0 Å². The maximum absolute atomic E-state index is 9.35. The van der Waals surface area contributed by atoms with E-state index in [-0.39, 0.29) is 6.61 Å². The summed E-state index contributed by atoms with van der Waals surface area (Å²) < 4.78 is 0. The zero-order valence-corrected chi connectivity index (χ0v) is 13.9. The Hall–Kier alpha value is -2.36. The van der Waals surface area contributed by atoms with E-state index in [2.05, 4.69) is 71.9 Å². The van der Waals surface area contributed by atoms with Crippen LogP contribution >= 0.6 is 0 Å². The first-order chi connectivity index (χ1) is 11.7. The highest BCUT2D eigenvalue weighted by Gasteiger charge is 2.22. The predicted molar refractivity (Wildman–Crippen MR) is 99.0 cm³/mol. The first-order valence-corrected chi connectivity index (χ1v) is 8.40. The number of aliphatic hydroxyl groups excluding tert-OH is 1. The molecular formula is C21H22N2O. The van der Waals surface area contributed by atoms with E-state index in [0.717, 1.165) is 24.3 Å². The van der Waals surface area contributed by atoms with Gasteiger partial charge in [-0.25, -0.2) is 0 Å². The van der Waals surface area contributed by atoms with E-state index in [9.17, 15) is 5.11 Å². The van der Waals surface area contributed by atoms with E-state index >= 15 is 0 Å². The first-order valence-electron chi connectivity index (χ1n) is 8.40. The summed E-state index contributed by atoms with van der Waals surface area (Å²) in [5.74, 6) is 0. The second kappa shape index (κ2) is 6.27. The third-order valence-electron chi connectivity index (χ3n) is 4.95. The molecule has 3 nitrogen and oxygen atoms in total. The van der Waals surface area contributed by atoms with Gasteiger partial charge in [0.1, 0.15) is 0 Å². The summed E-state index contributed by atoms with van der Waals surface area (Å²) in [5, 5.41) is 15.5. The number of hydrogen-bond donors (Lipinski definition) is 2. The number of nitrogens with zero attached hydrogens (tertiary/aromatic N) is 1. The zero-order chi connectivity index (χ0) is 16.5. The van der Waals surface area contributed by atoms with Crippen LogP contribution in [0.25, 0.3) is 10.8 Å². The van der Waals surface area contributed by atoms with Crippen molar-refractivity contribution in [2.24, 2.45) is 0 Å². The minimum Gasteiger partial charge on any atom is -0.392 e. The minimum absolute atomic E-state index is 0.0822. The Kier molecular flexibility index (Phi) is 3.97. The Morgan fingerprint density at radius 1 is 1.04 bits per heavy atom. The molecule has 0 aliphatic carbocycles. The number of anilines is 1. The van der Waals surface area contributed by atoms with Crippen molar-refractivity contribution in [3.05, 3.63) is 77.4 Å². The van der Waals surface area contributed by atoms with Gasteiger partial charge in [0.15, 0.2) is 0 Å². The van der Waals surface area contributed by atoms with Crippen LogP contribution in [0.1, 0.15) is 22.7 Å². The summed E-state index contributed by atoms with van der Waals surface area (Å²) in [6, 6.07) is 21.7. The van der Waals surface area contributed by atoms with Gasteiger partial charge >= 0.3 is 0 Å². The van der Waals surface area contributed by atoms with Crippen molar-refractivity contribution in [2.75, 3.05) is 18.9 Å². The van der Waals surface area contributed by atoms with Crippen LogP contribution in [-0.4, -0.2) is 23.6 Å². The van der Waals surface area contributed by atoms with Crippen molar-refractivity contribution in [2.45, 2.75) is 19.2 Å². The number of fused-ring (bicyclic) bond motifs is 2. The van der Waals surface area contributed by atoms with E-state index in [1.54, 1.807) is 0 Å². The van der Waals surface area contributed by atoms with Crippen LogP contribution in [0.3, 0.4) is 0 Å². The molecule has 1 aliphatic heterocycles. The summed E-state index contributed by atoms with van der Waals surface area (Å²) in [4.78, 5) is 2.39. The molecule has 24 heavy (non-hydrogen) atoms. The highest BCUT2D eigenvalue weighted by Crippen LogP contribution is 2.31. The average Bonchev–Trinajstić information content (AvgIpc) is 2.79. The fourth-order valence-corrected chi connectivity index (χ4v) is 3.55. The smallest absolute Gasteiger partial charge is 0.0682 e. The molecule has 0 spiro atoms. The summed E-state index contributed by atoms with van der Waals surface area (Å²) >= 11 is 0. The van der Waals surface area contributed by atoms with Crippen LogP contribution in [0.15, 0.2) is 60.7 Å². The molecule has 0 radical (unpaired) electrons.